The zero-order valence-corrected chi connectivity index (χ0v) is 20.9. The molecule has 2 aromatic carbocycles. The van der Waals surface area contributed by atoms with Gasteiger partial charge in [0.25, 0.3) is 0 Å². The van der Waals surface area contributed by atoms with Gasteiger partial charge in [-0.15, -0.1) is 0 Å². The SMILES string of the molecule is Cc1cc(N2CCCC2)ccc1NC(=O)CCNS(=O)(=O)c1c(C)c(C)c(C)c(C)c1C. The van der Waals surface area contributed by atoms with E-state index in [1.165, 1.54) is 18.5 Å². The molecule has 1 saturated heterocycles. The van der Waals surface area contributed by atoms with Gasteiger partial charge in [0.1, 0.15) is 0 Å². The number of hydrogen-bond donors (Lipinski definition) is 2. The van der Waals surface area contributed by atoms with Gasteiger partial charge in [0.2, 0.25) is 15.9 Å². The van der Waals surface area contributed by atoms with E-state index in [9.17, 15) is 13.2 Å². The van der Waals surface area contributed by atoms with Crippen molar-refractivity contribution >= 4 is 27.3 Å². The molecule has 7 heteroatoms. The van der Waals surface area contributed by atoms with E-state index in [4.69, 9.17) is 0 Å². The monoisotopic (exact) mass is 457 g/mol. The number of carbonyl (C=O) groups is 1. The predicted octanol–water partition coefficient (Wildman–Crippen LogP) is 4.44. The Morgan fingerprint density at radius 2 is 1.47 bits per heavy atom. The molecule has 0 radical (unpaired) electrons. The Morgan fingerprint density at radius 3 is 2.03 bits per heavy atom. The third-order valence-corrected chi connectivity index (χ3v) is 8.53. The van der Waals surface area contributed by atoms with Gasteiger partial charge in [-0.25, -0.2) is 13.1 Å². The summed E-state index contributed by atoms with van der Waals surface area (Å²) in [5.41, 5.74) is 7.55. The number of carbonyl (C=O) groups excluding carboxylic acids is 1. The fourth-order valence-corrected chi connectivity index (χ4v) is 6.04. The van der Waals surface area contributed by atoms with Crippen LogP contribution in [0.4, 0.5) is 11.4 Å². The summed E-state index contributed by atoms with van der Waals surface area (Å²) in [5, 5.41) is 2.91. The Balaban J connectivity index is 1.63. The molecule has 1 heterocycles. The van der Waals surface area contributed by atoms with E-state index in [1.807, 2.05) is 53.7 Å². The van der Waals surface area contributed by atoms with E-state index in [0.29, 0.717) is 4.90 Å². The first kappa shape index (κ1) is 24.3. The molecule has 6 nitrogen and oxygen atoms in total. The summed E-state index contributed by atoms with van der Waals surface area (Å²) < 4.78 is 28.6. The van der Waals surface area contributed by atoms with Crippen LogP contribution in [-0.2, 0) is 14.8 Å². The summed E-state index contributed by atoms with van der Waals surface area (Å²) >= 11 is 0. The molecule has 174 valence electrons. The largest absolute Gasteiger partial charge is 0.372 e. The summed E-state index contributed by atoms with van der Waals surface area (Å²) in [6, 6.07) is 6.05. The van der Waals surface area contributed by atoms with E-state index in [2.05, 4.69) is 21.0 Å². The van der Waals surface area contributed by atoms with Gasteiger partial charge in [0.15, 0.2) is 0 Å². The van der Waals surface area contributed by atoms with Crippen molar-refractivity contribution in [1.82, 2.24) is 4.72 Å². The molecule has 3 rings (SSSR count). The lowest BCUT2D eigenvalue weighted by Gasteiger charge is -2.20. The molecule has 2 aromatic rings. The maximum Gasteiger partial charge on any atom is 0.241 e. The molecule has 1 amide bonds. The number of benzene rings is 2. The van der Waals surface area contributed by atoms with Crippen molar-refractivity contribution in [1.29, 1.82) is 0 Å². The first-order chi connectivity index (χ1) is 15.0. The molecule has 1 aliphatic heterocycles. The molecule has 0 spiro atoms. The quantitative estimate of drug-likeness (QED) is 0.644. The highest BCUT2D eigenvalue weighted by Crippen LogP contribution is 2.29. The van der Waals surface area contributed by atoms with Crippen LogP contribution in [0.15, 0.2) is 23.1 Å². The molecule has 0 saturated carbocycles. The normalized spacial score (nSPS) is 14.1. The Hall–Kier alpha value is -2.38. The van der Waals surface area contributed by atoms with Crippen LogP contribution in [0, 0.1) is 41.5 Å². The van der Waals surface area contributed by atoms with Crippen LogP contribution in [0.2, 0.25) is 0 Å². The smallest absolute Gasteiger partial charge is 0.241 e. The highest BCUT2D eigenvalue weighted by molar-refractivity contribution is 7.89. The summed E-state index contributed by atoms with van der Waals surface area (Å²) in [7, 11) is -3.71. The Kier molecular flexibility index (Phi) is 7.30. The number of sulfonamides is 1. The second-order valence-corrected chi connectivity index (χ2v) is 10.5. The number of hydrogen-bond acceptors (Lipinski definition) is 4. The standard InChI is InChI=1S/C25H35N3O3S/c1-16-15-22(28-13-7-8-14-28)9-10-23(16)27-24(29)11-12-26-32(30,31)25-20(5)18(3)17(2)19(4)21(25)6/h9-10,15,26H,7-8,11-14H2,1-6H3,(H,27,29). The molecular formula is C25H35N3O3S. The van der Waals surface area contributed by atoms with E-state index in [0.717, 1.165) is 52.2 Å². The van der Waals surface area contributed by atoms with Crippen LogP contribution in [0.5, 0.6) is 0 Å². The average molecular weight is 458 g/mol. The van der Waals surface area contributed by atoms with Gasteiger partial charge in [-0.3, -0.25) is 4.79 Å². The minimum atomic E-state index is -3.71. The first-order valence-corrected chi connectivity index (χ1v) is 12.7. The molecule has 1 aliphatic rings. The van der Waals surface area contributed by atoms with Crippen LogP contribution in [0.1, 0.15) is 52.6 Å². The lowest BCUT2D eigenvalue weighted by Crippen LogP contribution is -2.29. The lowest BCUT2D eigenvalue weighted by molar-refractivity contribution is -0.116. The molecule has 0 bridgehead atoms. The Bertz CT molecular complexity index is 1100. The van der Waals surface area contributed by atoms with Crippen molar-refractivity contribution in [2.75, 3.05) is 29.9 Å². The topological polar surface area (TPSA) is 78.5 Å². The lowest BCUT2D eigenvalue weighted by atomic mass is 9.95. The van der Waals surface area contributed by atoms with Gasteiger partial charge in [0.05, 0.1) is 4.90 Å². The summed E-state index contributed by atoms with van der Waals surface area (Å²) in [5.74, 6) is -0.213. The fraction of sp³-hybridized carbons (Fsp3) is 0.480. The molecule has 1 fully saturated rings. The summed E-state index contributed by atoms with van der Waals surface area (Å²) in [6.45, 7) is 13.7. The predicted molar refractivity (Wildman–Crippen MR) is 131 cm³/mol. The van der Waals surface area contributed by atoms with Crippen LogP contribution in [-0.4, -0.2) is 34.0 Å². The maximum atomic E-state index is 13.0. The minimum absolute atomic E-state index is 0.0456. The van der Waals surface area contributed by atoms with Crippen molar-refractivity contribution in [3.8, 4) is 0 Å². The highest BCUT2D eigenvalue weighted by atomic mass is 32.2. The molecule has 2 N–H and O–H groups in total. The number of rotatable bonds is 7. The van der Waals surface area contributed by atoms with Gasteiger partial charge in [-0.1, -0.05) is 0 Å². The minimum Gasteiger partial charge on any atom is -0.372 e. The summed E-state index contributed by atoms with van der Waals surface area (Å²) in [4.78, 5) is 15.1. The number of nitrogens with one attached hydrogen (secondary N) is 2. The van der Waals surface area contributed by atoms with E-state index in [-0.39, 0.29) is 18.9 Å². The second kappa shape index (κ2) is 9.63. The third-order valence-electron chi connectivity index (χ3n) is 6.80. The van der Waals surface area contributed by atoms with Crippen molar-refractivity contribution in [3.63, 3.8) is 0 Å². The number of amides is 1. The number of aryl methyl sites for hydroxylation is 1. The first-order valence-electron chi connectivity index (χ1n) is 11.2. The molecule has 0 aromatic heterocycles. The van der Waals surface area contributed by atoms with Gasteiger partial charge in [0, 0.05) is 37.4 Å². The van der Waals surface area contributed by atoms with Crippen LogP contribution in [0.25, 0.3) is 0 Å². The third kappa shape index (κ3) is 4.99. The Labute approximate surface area is 192 Å². The fourth-order valence-electron chi connectivity index (χ4n) is 4.41. The van der Waals surface area contributed by atoms with Gasteiger partial charge < -0.3 is 10.2 Å². The molecular weight excluding hydrogens is 422 g/mol. The van der Waals surface area contributed by atoms with Crippen molar-refractivity contribution < 1.29 is 13.2 Å². The molecule has 0 atom stereocenters. The highest BCUT2D eigenvalue weighted by Gasteiger charge is 2.23. The van der Waals surface area contributed by atoms with Crippen molar-refractivity contribution in [2.24, 2.45) is 0 Å². The zero-order valence-electron chi connectivity index (χ0n) is 20.1. The summed E-state index contributed by atoms with van der Waals surface area (Å²) in [6.07, 6.45) is 2.50. The maximum absolute atomic E-state index is 13.0. The average Bonchev–Trinajstić information content (AvgIpc) is 3.27. The second-order valence-electron chi connectivity index (χ2n) is 8.84. The van der Waals surface area contributed by atoms with Crippen LogP contribution in [0.3, 0.4) is 0 Å². The van der Waals surface area contributed by atoms with Crippen LogP contribution < -0.4 is 14.9 Å². The van der Waals surface area contributed by atoms with E-state index in [1.54, 1.807) is 0 Å². The number of nitrogens with zero attached hydrogens (tertiary/aromatic N) is 1. The van der Waals surface area contributed by atoms with E-state index >= 15 is 0 Å². The molecule has 0 aliphatic carbocycles. The molecule has 32 heavy (non-hydrogen) atoms. The van der Waals surface area contributed by atoms with Crippen molar-refractivity contribution in [3.05, 3.63) is 51.6 Å². The number of anilines is 2. The Morgan fingerprint density at radius 1 is 0.906 bits per heavy atom. The zero-order chi connectivity index (χ0) is 23.6. The van der Waals surface area contributed by atoms with Gasteiger partial charge in [-0.2, -0.15) is 0 Å². The van der Waals surface area contributed by atoms with Crippen molar-refractivity contribution in [2.45, 2.75) is 65.7 Å². The van der Waals surface area contributed by atoms with Crippen LogP contribution >= 0.6 is 0 Å². The van der Waals surface area contributed by atoms with E-state index < -0.39 is 10.0 Å². The van der Waals surface area contributed by atoms with Gasteiger partial charge in [-0.05, 0) is 106 Å². The molecule has 0 unspecified atom stereocenters. The van der Waals surface area contributed by atoms with Gasteiger partial charge >= 0.3 is 0 Å².